The minimum absolute atomic E-state index is 1.07. The second-order valence-corrected chi connectivity index (χ2v) is 5.30. The molecule has 0 spiro atoms. The van der Waals surface area contributed by atoms with Crippen LogP contribution in [0.15, 0.2) is 5.38 Å². The molecule has 0 aliphatic heterocycles. The lowest BCUT2D eigenvalue weighted by molar-refractivity contribution is 0.892. The Morgan fingerprint density at radius 2 is 2.42 bits per heavy atom. The Hall–Kier alpha value is 0.0600. The summed E-state index contributed by atoms with van der Waals surface area (Å²) in [6.45, 7) is 4.32. The van der Waals surface area contributed by atoms with Crippen LogP contribution in [-0.4, -0.2) is 11.1 Å². The van der Waals surface area contributed by atoms with Gasteiger partial charge in [-0.2, -0.15) is 0 Å². The maximum Gasteiger partial charge on any atom is 0.0897 e. The lowest BCUT2D eigenvalue weighted by atomic mass is 10.4. The third-order valence-corrected chi connectivity index (χ3v) is 3.82. The highest BCUT2D eigenvalue weighted by atomic mass is 32.1. The fourth-order valence-electron chi connectivity index (χ4n) is 1.01. The Morgan fingerprint density at radius 3 is 3.00 bits per heavy atom. The zero-order valence-corrected chi connectivity index (χ0v) is 9.58. The van der Waals surface area contributed by atoms with Crippen LogP contribution in [0.25, 0.3) is 0 Å². The molecule has 0 radical (unpaired) electrons. The van der Waals surface area contributed by atoms with E-state index in [0.717, 1.165) is 8.58 Å². The quantitative estimate of drug-likeness (QED) is 0.525. The van der Waals surface area contributed by atoms with E-state index in [2.05, 4.69) is 24.2 Å². The van der Waals surface area contributed by atoms with Gasteiger partial charge in [0.2, 0.25) is 0 Å². The van der Waals surface area contributed by atoms with Gasteiger partial charge in [-0.1, -0.05) is 13.3 Å². The molecule has 0 saturated heterocycles. The highest BCUT2D eigenvalue weighted by Gasteiger charge is 1.96. The molecule has 0 bridgehead atoms. The molecule has 1 heterocycles. The average Bonchev–Trinajstić information content (AvgIpc) is 2.45. The summed E-state index contributed by atoms with van der Waals surface area (Å²) in [5, 5.41) is 3.39. The maximum atomic E-state index is 4.43. The van der Waals surface area contributed by atoms with Crippen LogP contribution in [-0.2, 0) is 6.16 Å². The summed E-state index contributed by atoms with van der Waals surface area (Å²) in [6, 6.07) is 0. The maximum absolute atomic E-state index is 4.43. The zero-order chi connectivity index (χ0) is 8.81. The minimum Gasteiger partial charge on any atom is -0.246 e. The molecule has 1 aromatic rings. The van der Waals surface area contributed by atoms with E-state index >= 15 is 0 Å². The third kappa shape index (κ3) is 3.64. The molecule has 12 heavy (non-hydrogen) atoms. The van der Waals surface area contributed by atoms with E-state index in [1.165, 1.54) is 35.9 Å². The van der Waals surface area contributed by atoms with Gasteiger partial charge < -0.3 is 0 Å². The third-order valence-electron chi connectivity index (χ3n) is 1.68. The minimum atomic E-state index is 1.07. The summed E-state index contributed by atoms with van der Waals surface area (Å²) in [4.78, 5) is 4.43. The number of aromatic nitrogens is 1. The molecular formula is C9H16NPS. The first-order chi connectivity index (χ1) is 5.83. The van der Waals surface area contributed by atoms with Crippen LogP contribution >= 0.6 is 19.9 Å². The van der Waals surface area contributed by atoms with Crippen LogP contribution in [0.5, 0.6) is 0 Å². The van der Waals surface area contributed by atoms with Crippen molar-refractivity contribution < 1.29 is 0 Å². The molecule has 1 aromatic heterocycles. The second kappa shape index (κ2) is 5.66. The standard InChI is InChI=1S/C9H16NPS/c1-3-4-5-11-6-9-7-12-8(2)10-9/h7,11H,3-6H2,1-2H3. The van der Waals surface area contributed by atoms with E-state index in [0.29, 0.717) is 0 Å². The number of nitrogens with zero attached hydrogens (tertiary/aromatic N) is 1. The van der Waals surface area contributed by atoms with Gasteiger partial charge in [0.05, 0.1) is 10.7 Å². The summed E-state index contributed by atoms with van der Waals surface area (Å²) in [5.41, 5.74) is 1.30. The van der Waals surface area contributed by atoms with Gasteiger partial charge >= 0.3 is 0 Å². The van der Waals surface area contributed by atoms with Crippen molar-refractivity contribution in [3.8, 4) is 0 Å². The fourth-order valence-corrected chi connectivity index (χ4v) is 2.99. The van der Waals surface area contributed by atoms with Gasteiger partial charge in [-0.05, 0) is 19.5 Å². The van der Waals surface area contributed by atoms with Crippen LogP contribution in [0.2, 0.25) is 0 Å². The van der Waals surface area contributed by atoms with Crippen LogP contribution < -0.4 is 0 Å². The highest BCUT2D eigenvalue weighted by Crippen LogP contribution is 2.20. The van der Waals surface area contributed by atoms with Crippen LogP contribution in [0.1, 0.15) is 30.5 Å². The molecule has 1 nitrogen and oxygen atoms in total. The lowest BCUT2D eigenvalue weighted by Gasteiger charge is -1.96. The highest BCUT2D eigenvalue weighted by molar-refractivity contribution is 7.37. The van der Waals surface area contributed by atoms with E-state index in [1.807, 2.05) is 0 Å². The largest absolute Gasteiger partial charge is 0.246 e. The molecule has 3 heteroatoms. The van der Waals surface area contributed by atoms with Gasteiger partial charge in [0, 0.05) is 11.5 Å². The topological polar surface area (TPSA) is 12.9 Å². The van der Waals surface area contributed by atoms with Crippen molar-refractivity contribution in [2.45, 2.75) is 32.9 Å². The van der Waals surface area contributed by atoms with E-state index in [-0.39, 0.29) is 0 Å². The Morgan fingerprint density at radius 1 is 1.58 bits per heavy atom. The van der Waals surface area contributed by atoms with Crippen molar-refractivity contribution in [1.29, 1.82) is 0 Å². The molecule has 1 rings (SSSR count). The van der Waals surface area contributed by atoms with Crippen molar-refractivity contribution in [2.75, 3.05) is 6.16 Å². The van der Waals surface area contributed by atoms with Gasteiger partial charge in [0.25, 0.3) is 0 Å². The Balaban J connectivity index is 2.15. The number of rotatable bonds is 5. The van der Waals surface area contributed by atoms with Crippen LogP contribution in [0.3, 0.4) is 0 Å². The summed E-state index contributed by atoms with van der Waals surface area (Å²) in [5.74, 6) is 0. The molecule has 0 amide bonds. The predicted molar refractivity (Wildman–Crippen MR) is 58.6 cm³/mol. The van der Waals surface area contributed by atoms with Gasteiger partial charge in [-0.25, -0.2) is 4.98 Å². The molecule has 1 unspecified atom stereocenters. The monoisotopic (exact) mass is 201 g/mol. The first-order valence-electron chi connectivity index (χ1n) is 4.44. The first-order valence-corrected chi connectivity index (χ1v) is 6.74. The van der Waals surface area contributed by atoms with Crippen molar-refractivity contribution in [3.63, 3.8) is 0 Å². The number of unbranched alkanes of at least 4 members (excludes halogenated alkanes) is 1. The second-order valence-electron chi connectivity index (χ2n) is 2.89. The van der Waals surface area contributed by atoms with Crippen LogP contribution in [0.4, 0.5) is 0 Å². The summed E-state index contributed by atoms with van der Waals surface area (Å²) < 4.78 is 0. The van der Waals surface area contributed by atoms with Crippen molar-refractivity contribution in [1.82, 2.24) is 4.98 Å². The Kier molecular flexibility index (Phi) is 4.79. The zero-order valence-electron chi connectivity index (χ0n) is 7.76. The molecule has 0 N–H and O–H groups in total. The van der Waals surface area contributed by atoms with E-state index < -0.39 is 0 Å². The molecule has 0 saturated carbocycles. The van der Waals surface area contributed by atoms with E-state index in [1.54, 1.807) is 11.3 Å². The molecular weight excluding hydrogens is 185 g/mol. The summed E-state index contributed by atoms with van der Waals surface area (Å²) in [7, 11) is 1.07. The molecule has 68 valence electrons. The molecule has 0 aliphatic rings. The average molecular weight is 201 g/mol. The molecule has 0 aromatic carbocycles. The number of hydrogen-bond donors (Lipinski definition) is 0. The van der Waals surface area contributed by atoms with Gasteiger partial charge in [-0.15, -0.1) is 19.9 Å². The number of thiazole rings is 1. The lowest BCUT2D eigenvalue weighted by Crippen LogP contribution is -1.81. The Labute approximate surface area is 80.4 Å². The normalized spacial score (nSPS) is 11.5. The van der Waals surface area contributed by atoms with Crippen molar-refractivity contribution in [3.05, 3.63) is 16.1 Å². The summed E-state index contributed by atoms with van der Waals surface area (Å²) >= 11 is 1.76. The fraction of sp³-hybridized carbons (Fsp3) is 0.667. The molecule has 0 aliphatic carbocycles. The van der Waals surface area contributed by atoms with E-state index in [9.17, 15) is 0 Å². The van der Waals surface area contributed by atoms with Crippen LogP contribution in [0, 0.1) is 6.92 Å². The first kappa shape index (κ1) is 10.1. The smallest absolute Gasteiger partial charge is 0.0897 e. The van der Waals surface area contributed by atoms with Crippen molar-refractivity contribution >= 4 is 19.9 Å². The van der Waals surface area contributed by atoms with Gasteiger partial charge in [-0.3, -0.25) is 0 Å². The van der Waals surface area contributed by atoms with Crippen molar-refractivity contribution in [2.24, 2.45) is 0 Å². The molecule has 0 fully saturated rings. The van der Waals surface area contributed by atoms with E-state index in [4.69, 9.17) is 0 Å². The van der Waals surface area contributed by atoms with Gasteiger partial charge in [0.1, 0.15) is 0 Å². The number of hydrogen-bond acceptors (Lipinski definition) is 2. The predicted octanol–water partition coefficient (Wildman–Crippen LogP) is 3.43. The van der Waals surface area contributed by atoms with Gasteiger partial charge in [0.15, 0.2) is 0 Å². The Bertz CT molecular complexity index is 222. The SMILES string of the molecule is CCCCPCc1csc(C)n1. The summed E-state index contributed by atoms with van der Waals surface area (Å²) in [6.07, 6.45) is 5.28. The molecule has 1 atom stereocenters. The number of aryl methyl sites for hydroxylation is 1.